The average Bonchev–Trinajstić information content (AvgIpc) is 2.75. The summed E-state index contributed by atoms with van der Waals surface area (Å²) in [5.74, 6) is 0. The van der Waals surface area contributed by atoms with E-state index < -0.39 is 0 Å². The number of hydrogen-bond acceptors (Lipinski definition) is 3. The van der Waals surface area contributed by atoms with Crippen molar-refractivity contribution in [2.24, 2.45) is 5.73 Å². The van der Waals surface area contributed by atoms with Gasteiger partial charge in [0, 0.05) is 4.90 Å². The molecule has 172 valence electrons. The number of aryl methyl sites for hydroxylation is 1. The number of unbranched alkanes of at least 4 members (excludes halogenated alkanes) is 12. The number of thioether (sulfide) groups is 1. The van der Waals surface area contributed by atoms with Gasteiger partial charge in [-0.25, -0.2) is 0 Å². The van der Waals surface area contributed by atoms with Crippen molar-refractivity contribution in [1.29, 1.82) is 0 Å². The molecular weight excluding hydrogens is 506 g/mol. The number of rotatable bonds is 17. The summed E-state index contributed by atoms with van der Waals surface area (Å²) in [5, 5.41) is 0. The van der Waals surface area contributed by atoms with E-state index in [1.54, 1.807) is 11.8 Å². The molecule has 0 atom stereocenters. The fourth-order valence-corrected chi connectivity index (χ4v) is 4.85. The average molecular weight is 550 g/mol. The van der Waals surface area contributed by atoms with Gasteiger partial charge in [-0.2, -0.15) is 0 Å². The molecule has 1 aromatic rings. The fraction of sp³-hybridized carbons (Fsp3) is 0.720. The summed E-state index contributed by atoms with van der Waals surface area (Å²) in [7, 11) is 4.09. The van der Waals surface area contributed by atoms with Crippen LogP contribution >= 0.6 is 33.8 Å². The molecule has 0 aromatic heterocycles. The van der Waals surface area contributed by atoms with Crippen molar-refractivity contribution in [1.82, 2.24) is 0 Å². The van der Waals surface area contributed by atoms with Crippen LogP contribution in [0.1, 0.15) is 115 Å². The van der Waals surface area contributed by atoms with Crippen molar-refractivity contribution in [3.8, 4) is 0 Å². The molecule has 0 unspecified atom stereocenters. The van der Waals surface area contributed by atoms with Crippen LogP contribution in [0.15, 0.2) is 23.1 Å². The third kappa shape index (κ3) is 16.1. The minimum atomic E-state index is 0.536. The first-order chi connectivity index (χ1) is 14.7. The molecule has 0 fully saturated rings. The minimum absolute atomic E-state index is 0.536. The Morgan fingerprint density at radius 1 is 0.767 bits per heavy atom. The summed E-state index contributed by atoms with van der Waals surface area (Å²) in [6.07, 6.45) is 21.4. The Hall–Kier alpha value is 0.368. The molecule has 1 rings (SSSR count). The summed E-state index contributed by atoms with van der Waals surface area (Å²) in [4.78, 5) is 1.29. The second kappa shape index (κ2) is 22.6. The molecule has 0 amide bonds. The quantitative estimate of drug-likeness (QED) is 0.0906. The van der Waals surface area contributed by atoms with E-state index in [9.17, 15) is 0 Å². The second-order valence-corrected chi connectivity index (χ2v) is 9.84. The molecule has 0 spiro atoms. The summed E-state index contributed by atoms with van der Waals surface area (Å²) < 4.78 is 0.536. The van der Waals surface area contributed by atoms with Crippen molar-refractivity contribution < 1.29 is 18.0 Å². The second-order valence-electron chi connectivity index (χ2n) is 8.06. The maximum absolute atomic E-state index is 5.84. The SMILES string of the molecule is CCCCCCCCCc1cccc(SC(N)=S)c1CCCCCCCCC.[S]=[Mo]. The molecule has 0 radical (unpaired) electrons. The monoisotopic (exact) mass is 551 g/mol. The van der Waals surface area contributed by atoms with Crippen LogP contribution in [0.5, 0.6) is 0 Å². The third-order valence-electron chi connectivity index (χ3n) is 5.52. The Kier molecular flexibility index (Phi) is 22.8. The van der Waals surface area contributed by atoms with Gasteiger partial charge < -0.3 is 5.73 Å². The van der Waals surface area contributed by atoms with Crippen LogP contribution in [-0.2, 0) is 30.8 Å². The molecule has 0 aliphatic heterocycles. The topological polar surface area (TPSA) is 26.0 Å². The van der Waals surface area contributed by atoms with Gasteiger partial charge >= 0.3 is 27.8 Å². The fourth-order valence-electron chi connectivity index (χ4n) is 3.86. The Bertz CT molecular complexity index is 551. The van der Waals surface area contributed by atoms with Crippen molar-refractivity contribution in [2.45, 2.75) is 121 Å². The van der Waals surface area contributed by atoms with Crippen LogP contribution in [0, 0.1) is 0 Å². The Morgan fingerprint density at radius 3 is 1.73 bits per heavy atom. The van der Waals surface area contributed by atoms with E-state index >= 15 is 0 Å². The predicted octanol–water partition coefficient (Wildman–Crippen LogP) is 9.25. The molecule has 1 aromatic carbocycles. The van der Waals surface area contributed by atoms with Crippen LogP contribution in [0.3, 0.4) is 0 Å². The standard InChI is InChI=1S/C25H43NS2.Mo.S/c1-3-5-7-9-11-13-15-18-22-19-17-21-24(28-25(26)27)23(22)20-16-14-12-10-8-6-4-2;;/h17,19,21H,3-16,18,20H2,1-2H3,(H2,26,27);;. The van der Waals surface area contributed by atoms with E-state index in [-0.39, 0.29) is 0 Å². The zero-order chi connectivity index (χ0) is 22.5. The maximum atomic E-state index is 5.84. The van der Waals surface area contributed by atoms with E-state index in [0.29, 0.717) is 4.32 Å². The molecule has 0 aliphatic carbocycles. The molecule has 1 nitrogen and oxygen atoms in total. The van der Waals surface area contributed by atoms with Crippen LogP contribution < -0.4 is 5.73 Å². The zero-order valence-corrected chi connectivity index (χ0v) is 23.7. The molecular formula is C25H43MoNS3. The van der Waals surface area contributed by atoms with E-state index in [1.807, 2.05) is 0 Å². The third-order valence-corrected chi connectivity index (χ3v) is 6.57. The van der Waals surface area contributed by atoms with E-state index in [0.717, 1.165) is 0 Å². The van der Waals surface area contributed by atoms with Gasteiger partial charge in [0.1, 0.15) is 4.32 Å². The van der Waals surface area contributed by atoms with Crippen molar-refractivity contribution in [2.75, 3.05) is 0 Å². The zero-order valence-electron chi connectivity index (χ0n) is 19.3. The first kappa shape index (κ1) is 30.4. The van der Waals surface area contributed by atoms with E-state index in [4.69, 9.17) is 18.0 Å². The van der Waals surface area contributed by atoms with Crippen molar-refractivity contribution in [3.05, 3.63) is 29.3 Å². The van der Waals surface area contributed by atoms with Crippen LogP contribution in [0.25, 0.3) is 0 Å². The van der Waals surface area contributed by atoms with E-state index in [2.05, 4.69) is 41.9 Å². The molecule has 0 saturated heterocycles. The number of thiocarbonyl (C=S) groups is 1. The number of benzene rings is 1. The Morgan fingerprint density at radius 2 is 1.23 bits per heavy atom. The normalized spacial score (nSPS) is 10.5. The first-order valence-electron chi connectivity index (χ1n) is 11.9. The first-order valence-corrected chi connectivity index (χ1v) is 15.9. The molecule has 0 aliphatic rings. The van der Waals surface area contributed by atoms with Gasteiger partial charge in [-0.05, 0) is 42.9 Å². The van der Waals surface area contributed by atoms with Crippen LogP contribution in [-0.4, -0.2) is 4.32 Å². The van der Waals surface area contributed by atoms with Crippen LogP contribution in [0.4, 0.5) is 0 Å². The van der Waals surface area contributed by atoms with Crippen LogP contribution in [0.2, 0.25) is 0 Å². The van der Waals surface area contributed by atoms with Gasteiger partial charge in [-0.15, -0.1) is 0 Å². The summed E-state index contributed by atoms with van der Waals surface area (Å²) in [6, 6.07) is 6.72. The number of nitrogens with two attached hydrogens (primary N) is 1. The molecule has 5 heteroatoms. The molecule has 2 N–H and O–H groups in total. The van der Waals surface area contributed by atoms with E-state index in [1.165, 1.54) is 137 Å². The Balaban J connectivity index is 0.00000407. The molecule has 0 heterocycles. The van der Waals surface area contributed by atoms with Gasteiger partial charge in [0.2, 0.25) is 0 Å². The molecule has 0 saturated carbocycles. The predicted molar refractivity (Wildman–Crippen MR) is 140 cm³/mol. The van der Waals surface area contributed by atoms with Gasteiger partial charge in [0.25, 0.3) is 0 Å². The molecule has 30 heavy (non-hydrogen) atoms. The Labute approximate surface area is 211 Å². The summed E-state index contributed by atoms with van der Waals surface area (Å²) >= 11 is 8.28. The van der Waals surface area contributed by atoms with Gasteiger partial charge in [0.05, 0.1) is 0 Å². The summed E-state index contributed by atoms with van der Waals surface area (Å²) in [6.45, 7) is 4.56. The van der Waals surface area contributed by atoms with Crippen molar-refractivity contribution in [3.63, 3.8) is 0 Å². The van der Waals surface area contributed by atoms with Crippen molar-refractivity contribution >= 4 is 38.1 Å². The van der Waals surface area contributed by atoms with Gasteiger partial charge in [0.15, 0.2) is 0 Å². The molecule has 0 bridgehead atoms. The van der Waals surface area contributed by atoms with Gasteiger partial charge in [-0.3, -0.25) is 0 Å². The van der Waals surface area contributed by atoms with Gasteiger partial charge in [-0.1, -0.05) is 127 Å². The number of hydrogen-bond donors (Lipinski definition) is 1. The summed E-state index contributed by atoms with van der Waals surface area (Å²) in [5.41, 5.74) is 8.88.